The topological polar surface area (TPSA) is 95.0 Å². The number of thiophene rings is 1. The Bertz CT molecular complexity index is 1050. The third-order valence-electron chi connectivity index (χ3n) is 5.28. The molecule has 0 radical (unpaired) electrons. The van der Waals surface area contributed by atoms with Crippen molar-refractivity contribution in [1.82, 2.24) is 4.98 Å². The van der Waals surface area contributed by atoms with Crippen molar-refractivity contribution in [3.05, 3.63) is 52.3 Å². The molecule has 0 saturated carbocycles. The molecule has 0 spiro atoms. The Balaban J connectivity index is 1.56. The summed E-state index contributed by atoms with van der Waals surface area (Å²) in [6.45, 7) is 2.46. The first-order valence-electron chi connectivity index (χ1n) is 9.98. The number of amides is 1. The second-order valence-electron chi connectivity index (χ2n) is 7.34. The Hall–Kier alpha value is -2.73. The SMILES string of the molecule is N#Cc1ccc(NC(=O)c2csc(-c3cccs3)n2)c(N2CCCC(CCN)C2)c1. The molecule has 3 heterocycles. The number of aromatic nitrogens is 1. The van der Waals surface area contributed by atoms with Crippen molar-refractivity contribution in [2.45, 2.75) is 19.3 Å². The molecule has 30 heavy (non-hydrogen) atoms. The molecule has 8 heteroatoms. The van der Waals surface area contributed by atoms with Crippen LogP contribution in [-0.4, -0.2) is 30.5 Å². The first-order chi connectivity index (χ1) is 14.7. The summed E-state index contributed by atoms with van der Waals surface area (Å²) >= 11 is 3.07. The smallest absolute Gasteiger partial charge is 0.275 e. The first kappa shape index (κ1) is 20.5. The maximum atomic E-state index is 12.9. The van der Waals surface area contributed by atoms with Gasteiger partial charge in [-0.3, -0.25) is 4.79 Å². The molecular formula is C22H23N5OS2. The van der Waals surface area contributed by atoms with E-state index in [0.29, 0.717) is 29.4 Å². The van der Waals surface area contributed by atoms with Gasteiger partial charge in [-0.1, -0.05) is 6.07 Å². The number of nitrogens with zero attached hydrogens (tertiary/aromatic N) is 3. The Morgan fingerprint density at radius 3 is 3.03 bits per heavy atom. The van der Waals surface area contributed by atoms with Crippen molar-refractivity contribution in [1.29, 1.82) is 5.26 Å². The number of rotatable bonds is 6. The van der Waals surface area contributed by atoms with Crippen LogP contribution in [0.5, 0.6) is 0 Å². The van der Waals surface area contributed by atoms with E-state index in [4.69, 9.17) is 5.73 Å². The summed E-state index contributed by atoms with van der Waals surface area (Å²) in [5, 5.41) is 17.0. The number of hydrogen-bond donors (Lipinski definition) is 2. The number of hydrogen-bond acceptors (Lipinski definition) is 7. The maximum Gasteiger partial charge on any atom is 0.275 e. The predicted molar refractivity (Wildman–Crippen MR) is 123 cm³/mol. The van der Waals surface area contributed by atoms with Crippen molar-refractivity contribution in [3.8, 4) is 16.0 Å². The third kappa shape index (κ3) is 4.54. The van der Waals surface area contributed by atoms with Crippen LogP contribution in [0.15, 0.2) is 41.1 Å². The Labute approximate surface area is 184 Å². The first-order valence-corrected chi connectivity index (χ1v) is 11.7. The lowest BCUT2D eigenvalue weighted by molar-refractivity contribution is 0.102. The van der Waals surface area contributed by atoms with E-state index >= 15 is 0 Å². The van der Waals surface area contributed by atoms with E-state index in [-0.39, 0.29) is 5.91 Å². The fourth-order valence-corrected chi connectivity index (χ4v) is 5.42. The second kappa shape index (κ2) is 9.39. The lowest BCUT2D eigenvalue weighted by Gasteiger charge is -2.35. The molecule has 1 unspecified atom stereocenters. The second-order valence-corrected chi connectivity index (χ2v) is 9.15. The van der Waals surface area contributed by atoms with Crippen LogP contribution in [0.25, 0.3) is 9.88 Å². The van der Waals surface area contributed by atoms with Crippen molar-refractivity contribution in [2.75, 3.05) is 29.9 Å². The predicted octanol–water partition coefficient (Wildman–Crippen LogP) is 4.56. The molecule has 2 aromatic heterocycles. The monoisotopic (exact) mass is 437 g/mol. The van der Waals surface area contributed by atoms with Crippen LogP contribution in [0.4, 0.5) is 11.4 Å². The number of anilines is 2. The summed E-state index contributed by atoms with van der Waals surface area (Å²) in [5.41, 5.74) is 8.34. The highest BCUT2D eigenvalue weighted by molar-refractivity contribution is 7.20. The molecule has 4 rings (SSSR count). The summed E-state index contributed by atoms with van der Waals surface area (Å²) < 4.78 is 0. The van der Waals surface area contributed by atoms with E-state index in [1.807, 2.05) is 29.6 Å². The zero-order chi connectivity index (χ0) is 20.9. The lowest BCUT2D eigenvalue weighted by Crippen LogP contribution is -2.36. The minimum absolute atomic E-state index is 0.240. The molecule has 6 nitrogen and oxygen atoms in total. The number of carbonyl (C=O) groups excluding carboxylic acids is 1. The van der Waals surface area contributed by atoms with Gasteiger partial charge in [0.1, 0.15) is 10.7 Å². The molecule has 3 aromatic rings. The molecule has 1 saturated heterocycles. The molecule has 0 bridgehead atoms. The van der Waals surface area contributed by atoms with Gasteiger partial charge in [0.05, 0.1) is 27.9 Å². The number of nitriles is 1. The number of carbonyl (C=O) groups is 1. The quantitative estimate of drug-likeness (QED) is 0.589. The maximum absolute atomic E-state index is 12.9. The van der Waals surface area contributed by atoms with Gasteiger partial charge in [-0.15, -0.1) is 22.7 Å². The van der Waals surface area contributed by atoms with Gasteiger partial charge in [0.15, 0.2) is 0 Å². The fourth-order valence-electron chi connectivity index (χ4n) is 3.80. The van der Waals surface area contributed by atoms with Crippen LogP contribution in [0.2, 0.25) is 0 Å². The van der Waals surface area contributed by atoms with Crippen molar-refractivity contribution in [2.24, 2.45) is 11.7 Å². The van der Waals surface area contributed by atoms with E-state index in [2.05, 4.69) is 21.3 Å². The minimum atomic E-state index is -0.240. The number of piperidine rings is 1. The van der Waals surface area contributed by atoms with Gasteiger partial charge in [-0.25, -0.2) is 4.98 Å². The van der Waals surface area contributed by atoms with Gasteiger partial charge < -0.3 is 16.0 Å². The number of benzene rings is 1. The fraction of sp³-hybridized carbons (Fsp3) is 0.318. The third-order valence-corrected chi connectivity index (χ3v) is 7.16. The highest BCUT2D eigenvalue weighted by Gasteiger charge is 2.23. The van der Waals surface area contributed by atoms with E-state index < -0.39 is 0 Å². The number of nitrogens with two attached hydrogens (primary N) is 1. The van der Waals surface area contributed by atoms with Crippen LogP contribution in [-0.2, 0) is 0 Å². The summed E-state index contributed by atoms with van der Waals surface area (Å²) in [6.07, 6.45) is 3.23. The van der Waals surface area contributed by atoms with Crippen molar-refractivity contribution < 1.29 is 4.79 Å². The lowest BCUT2D eigenvalue weighted by atomic mass is 9.94. The molecule has 1 atom stereocenters. The van der Waals surface area contributed by atoms with Gasteiger partial charge >= 0.3 is 0 Å². The van der Waals surface area contributed by atoms with Crippen LogP contribution < -0.4 is 16.0 Å². The standard InChI is InChI=1S/C22H23N5OS2/c23-8-7-15-3-1-9-27(13-15)19-11-16(12-24)5-6-17(19)25-21(28)18-14-30-22(26-18)20-4-2-10-29-20/h2,4-6,10-11,14-15H,1,3,7-9,13,23H2,(H,25,28). The minimum Gasteiger partial charge on any atom is -0.370 e. The van der Waals surface area contributed by atoms with Gasteiger partial charge in [0.25, 0.3) is 5.91 Å². The molecule has 1 fully saturated rings. The van der Waals surface area contributed by atoms with Crippen LogP contribution >= 0.6 is 22.7 Å². The summed E-state index contributed by atoms with van der Waals surface area (Å²) in [6, 6.07) is 11.6. The average molecular weight is 438 g/mol. The number of thiazole rings is 1. The van der Waals surface area contributed by atoms with Gasteiger partial charge in [-0.05, 0) is 61.4 Å². The zero-order valence-electron chi connectivity index (χ0n) is 16.5. The number of nitrogens with one attached hydrogen (secondary N) is 1. The van der Waals surface area contributed by atoms with Crippen LogP contribution in [0.1, 0.15) is 35.3 Å². The van der Waals surface area contributed by atoms with Gasteiger partial charge in [0, 0.05) is 18.5 Å². The summed E-state index contributed by atoms with van der Waals surface area (Å²) in [7, 11) is 0. The Morgan fingerprint density at radius 2 is 2.27 bits per heavy atom. The van der Waals surface area contributed by atoms with Gasteiger partial charge in [0.2, 0.25) is 0 Å². The van der Waals surface area contributed by atoms with Crippen LogP contribution in [0.3, 0.4) is 0 Å². The molecule has 3 N–H and O–H groups in total. The Morgan fingerprint density at radius 1 is 1.37 bits per heavy atom. The molecule has 1 amide bonds. The van der Waals surface area contributed by atoms with Gasteiger partial charge in [-0.2, -0.15) is 5.26 Å². The average Bonchev–Trinajstić information content (AvgIpc) is 3.46. The highest BCUT2D eigenvalue weighted by atomic mass is 32.1. The normalized spacial score (nSPS) is 16.3. The molecule has 1 aliphatic heterocycles. The zero-order valence-corrected chi connectivity index (χ0v) is 18.1. The molecule has 1 aliphatic rings. The van der Waals surface area contributed by atoms with E-state index in [1.54, 1.807) is 22.8 Å². The van der Waals surface area contributed by atoms with Crippen molar-refractivity contribution in [3.63, 3.8) is 0 Å². The van der Waals surface area contributed by atoms with E-state index in [1.165, 1.54) is 11.3 Å². The van der Waals surface area contributed by atoms with E-state index in [9.17, 15) is 10.1 Å². The molecule has 1 aromatic carbocycles. The Kier molecular flexibility index (Phi) is 6.43. The van der Waals surface area contributed by atoms with Crippen molar-refractivity contribution >= 4 is 40.0 Å². The molecular weight excluding hydrogens is 414 g/mol. The molecule has 154 valence electrons. The highest BCUT2D eigenvalue weighted by Crippen LogP contribution is 2.33. The van der Waals surface area contributed by atoms with E-state index in [0.717, 1.165) is 47.9 Å². The van der Waals surface area contributed by atoms with Crippen LogP contribution in [0, 0.1) is 17.2 Å². The largest absolute Gasteiger partial charge is 0.370 e. The summed E-state index contributed by atoms with van der Waals surface area (Å²) in [4.78, 5) is 20.7. The summed E-state index contributed by atoms with van der Waals surface area (Å²) in [5.74, 6) is 0.292. The molecule has 0 aliphatic carbocycles.